The summed E-state index contributed by atoms with van der Waals surface area (Å²) in [5.41, 5.74) is 0.775. The van der Waals surface area contributed by atoms with E-state index >= 15 is 0 Å². The number of carbonyl (C=O) groups is 2. The van der Waals surface area contributed by atoms with Gasteiger partial charge in [-0.3, -0.25) is 4.79 Å². The highest BCUT2D eigenvalue weighted by atomic mass is 35.5. The molecule has 0 aromatic heterocycles. The largest absolute Gasteiger partial charge is 0.465 e. The van der Waals surface area contributed by atoms with Crippen molar-refractivity contribution >= 4 is 40.9 Å². The minimum absolute atomic E-state index is 0.0897. The van der Waals surface area contributed by atoms with Crippen molar-refractivity contribution in [2.45, 2.75) is 12.5 Å². The zero-order valence-corrected chi connectivity index (χ0v) is 13.2. The van der Waals surface area contributed by atoms with Gasteiger partial charge >= 0.3 is 5.97 Å². The number of hydrogen-bond acceptors (Lipinski definition) is 5. The van der Waals surface area contributed by atoms with Crippen molar-refractivity contribution in [3.05, 3.63) is 28.8 Å². The quantitative estimate of drug-likeness (QED) is 0.829. The first-order chi connectivity index (χ1) is 10.1. The maximum absolute atomic E-state index is 12.0. The Hall–Kier alpha value is -1.24. The van der Waals surface area contributed by atoms with Crippen LogP contribution >= 0.6 is 23.4 Å². The molecule has 1 heterocycles. The average molecular weight is 329 g/mol. The summed E-state index contributed by atoms with van der Waals surface area (Å²) >= 11 is 7.78. The second-order valence-electron chi connectivity index (χ2n) is 4.66. The first-order valence-electron chi connectivity index (χ1n) is 6.59. The summed E-state index contributed by atoms with van der Waals surface area (Å²) in [4.78, 5) is 23.6. The third-order valence-electron chi connectivity index (χ3n) is 3.09. The van der Waals surface area contributed by atoms with E-state index in [-0.39, 0.29) is 17.5 Å². The Morgan fingerprint density at radius 1 is 1.52 bits per heavy atom. The highest BCUT2D eigenvalue weighted by molar-refractivity contribution is 7.99. The number of carbonyl (C=O) groups excluding carboxylic acids is 2. The van der Waals surface area contributed by atoms with Gasteiger partial charge in [-0.05, 0) is 18.2 Å². The van der Waals surface area contributed by atoms with E-state index in [1.807, 2.05) is 11.8 Å². The SMILES string of the molecule is COC(=O)c1cc(NC(=O)CC2CSCCN2)ccc1Cl. The molecule has 0 spiro atoms. The minimum atomic E-state index is -0.526. The molecule has 7 heteroatoms. The highest BCUT2D eigenvalue weighted by Gasteiger charge is 2.17. The van der Waals surface area contributed by atoms with Crippen molar-refractivity contribution in [2.75, 3.05) is 30.5 Å². The number of halogens is 1. The van der Waals surface area contributed by atoms with Crippen LogP contribution in [0.5, 0.6) is 0 Å². The number of ether oxygens (including phenoxy) is 1. The second-order valence-corrected chi connectivity index (χ2v) is 6.22. The predicted molar refractivity (Wildman–Crippen MR) is 85.2 cm³/mol. The molecular formula is C14H17ClN2O3S. The van der Waals surface area contributed by atoms with Gasteiger partial charge in [0.25, 0.3) is 0 Å². The number of rotatable bonds is 4. The number of nitrogens with one attached hydrogen (secondary N) is 2. The maximum atomic E-state index is 12.0. The Labute approximate surface area is 132 Å². The molecule has 0 aliphatic carbocycles. The van der Waals surface area contributed by atoms with Gasteiger partial charge in [0.2, 0.25) is 5.91 Å². The molecule has 5 nitrogen and oxygen atoms in total. The summed E-state index contributed by atoms with van der Waals surface area (Å²) in [7, 11) is 1.29. The van der Waals surface area contributed by atoms with Crippen LogP contribution in [0.25, 0.3) is 0 Å². The molecule has 1 fully saturated rings. The van der Waals surface area contributed by atoms with Crippen molar-refractivity contribution in [1.82, 2.24) is 5.32 Å². The first kappa shape index (κ1) is 16.1. The molecule has 21 heavy (non-hydrogen) atoms. The number of methoxy groups -OCH3 is 1. The van der Waals surface area contributed by atoms with Crippen LogP contribution in [-0.4, -0.2) is 43.1 Å². The molecule has 0 saturated carbocycles. The van der Waals surface area contributed by atoms with E-state index in [0.29, 0.717) is 17.1 Å². The smallest absolute Gasteiger partial charge is 0.339 e. The van der Waals surface area contributed by atoms with Gasteiger partial charge in [0.1, 0.15) is 0 Å². The lowest BCUT2D eigenvalue weighted by Crippen LogP contribution is -2.39. The topological polar surface area (TPSA) is 67.4 Å². The fraction of sp³-hybridized carbons (Fsp3) is 0.429. The van der Waals surface area contributed by atoms with Gasteiger partial charge in [-0.1, -0.05) is 11.6 Å². The lowest BCUT2D eigenvalue weighted by atomic mass is 10.2. The van der Waals surface area contributed by atoms with E-state index in [2.05, 4.69) is 15.4 Å². The standard InChI is InChI=1S/C14H17ClN2O3S/c1-20-14(19)11-6-9(2-3-12(11)15)17-13(18)7-10-8-21-5-4-16-10/h2-3,6,10,16H,4-5,7-8H2,1H3,(H,17,18). The second kappa shape index (κ2) is 7.68. The third-order valence-corrected chi connectivity index (χ3v) is 4.55. The minimum Gasteiger partial charge on any atom is -0.465 e. The van der Waals surface area contributed by atoms with E-state index < -0.39 is 5.97 Å². The lowest BCUT2D eigenvalue weighted by molar-refractivity contribution is -0.116. The maximum Gasteiger partial charge on any atom is 0.339 e. The number of benzene rings is 1. The van der Waals surface area contributed by atoms with E-state index in [0.717, 1.165) is 18.1 Å². The summed E-state index contributed by atoms with van der Waals surface area (Å²) in [5.74, 6) is 1.40. The molecule has 2 rings (SSSR count). The molecule has 1 aliphatic rings. The van der Waals surface area contributed by atoms with Gasteiger partial charge < -0.3 is 15.4 Å². The van der Waals surface area contributed by atoms with Gasteiger partial charge in [-0.25, -0.2) is 4.79 Å². The van der Waals surface area contributed by atoms with Crippen LogP contribution in [0.15, 0.2) is 18.2 Å². The molecule has 1 aliphatic heterocycles. The number of hydrogen-bond donors (Lipinski definition) is 2. The fourth-order valence-electron chi connectivity index (χ4n) is 2.06. The Bertz CT molecular complexity index is 533. The molecule has 114 valence electrons. The Balaban J connectivity index is 1.98. The molecule has 0 bridgehead atoms. The third kappa shape index (κ3) is 4.62. The summed E-state index contributed by atoms with van der Waals surface area (Å²) in [6, 6.07) is 4.94. The van der Waals surface area contributed by atoms with Crippen LogP contribution in [0.4, 0.5) is 5.69 Å². The number of anilines is 1. The Kier molecular flexibility index (Phi) is 5.90. The monoisotopic (exact) mass is 328 g/mol. The van der Waals surface area contributed by atoms with Gasteiger partial charge in [-0.2, -0.15) is 11.8 Å². The van der Waals surface area contributed by atoms with Gasteiger partial charge in [0, 0.05) is 36.2 Å². The average Bonchev–Trinajstić information content (AvgIpc) is 2.49. The molecular weight excluding hydrogens is 312 g/mol. The highest BCUT2D eigenvalue weighted by Crippen LogP contribution is 2.21. The normalized spacial score (nSPS) is 18.1. The van der Waals surface area contributed by atoms with Crippen molar-refractivity contribution in [2.24, 2.45) is 0 Å². The van der Waals surface area contributed by atoms with Gasteiger partial charge in [-0.15, -0.1) is 0 Å². The molecule has 1 saturated heterocycles. The van der Waals surface area contributed by atoms with E-state index in [4.69, 9.17) is 11.6 Å². The van der Waals surface area contributed by atoms with Crippen LogP contribution in [0.2, 0.25) is 5.02 Å². The lowest BCUT2D eigenvalue weighted by Gasteiger charge is -2.22. The molecule has 1 unspecified atom stereocenters. The van der Waals surface area contributed by atoms with E-state index in [9.17, 15) is 9.59 Å². The zero-order chi connectivity index (χ0) is 15.2. The molecule has 1 amide bonds. The zero-order valence-electron chi connectivity index (χ0n) is 11.6. The van der Waals surface area contributed by atoms with Crippen LogP contribution in [0.1, 0.15) is 16.8 Å². The van der Waals surface area contributed by atoms with Crippen molar-refractivity contribution in [3.63, 3.8) is 0 Å². The van der Waals surface area contributed by atoms with Crippen molar-refractivity contribution in [3.8, 4) is 0 Å². The van der Waals surface area contributed by atoms with Crippen molar-refractivity contribution < 1.29 is 14.3 Å². The Morgan fingerprint density at radius 2 is 2.33 bits per heavy atom. The van der Waals surface area contributed by atoms with Crippen LogP contribution in [-0.2, 0) is 9.53 Å². The number of thioether (sulfide) groups is 1. The van der Waals surface area contributed by atoms with Gasteiger partial charge in [0.15, 0.2) is 0 Å². The number of esters is 1. The molecule has 0 radical (unpaired) electrons. The van der Waals surface area contributed by atoms with Crippen LogP contribution < -0.4 is 10.6 Å². The molecule has 1 aromatic carbocycles. The van der Waals surface area contributed by atoms with Crippen LogP contribution in [0, 0.1) is 0 Å². The van der Waals surface area contributed by atoms with Gasteiger partial charge in [0.05, 0.1) is 17.7 Å². The summed E-state index contributed by atoms with van der Waals surface area (Å²) in [6.07, 6.45) is 0.406. The first-order valence-corrected chi connectivity index (χ1v) is 8.12. The molecule has 1 atom stereocenters. The Morgan fingerprint density at radius 3 is 3.00 bits per heavy atom. The van der Waals surface area contributed by atoms with Crippen LogP contribution in [0.3, 0.4) is 0 Å². The fourth-order valence-corrected chi connectivity index (χ4v) is 3.20. The summed E-state index contributed by atoms with van der Waals surface area (Å²) in [6.45, 7) is 0.927. The number of amides is 1. The van der Waals surface area contributed by atoms with Crippen molar-refractivity contribution in [1.29, 1.82) is 0 Å². The summed E-state index contributed by atoms with van der Waals surface area (Å²) in [5, 5.41) is 6.38. The molecule has 1 aromatic rings. The van der Waals surface area contributed by atoms with E-state index in [1.54, 1.807) is 12.1 Å². The molecule has 2 N–H and O–H groups in total. The van der Waals surface area contributed by atoms with E-state index in [1.165, 1.54) is 13.2 Å². The predicted octanol–water partition coefficient (Wildman–Crippen LogP) is 2.16. The summed E-state index contributed by atoms with van der Waals surface area (Å²) < 4.78 is 4.65.